The van der Waals surface area contributed by atoms with Crippen LogP contribution in [0.4, 0.5) is 5.69 Å². The molecular weight excluding hydrogens is 566 g/mol. The number of rotatable bonds is 10. The van der Waals surface area contributed by atoms with Crippen molar-refractivity contribution in [2.75, 3.05) is 25.0 Å². The van der Waals surface area contributed by atoms with E-state index >= 15 is 0 Å². The molecule has 0 aromatic heterocycles. The molecule has 44 heavy (non-hydrogen) atoms. The fourth-order valence-electron chi connectivity index (χ4n) is 5.27. The van der Waals surface area contributed by atoms with Crippen LogP contribution in [0, 0.1) is 13.8 Å². The van der Waals surface area contributed by atoms with E-state index in [1.54, 1.807) is 12.1 Å². The van der Waals surface area contributed by atoms with Crippen LogP contribution in [0.25, 0.3) is 33.4 Å². The van der Waals surface area contributed by atoms with E-state index in [4.69, 9.17) is 14.0 Å². The fourth-order valence-corrected chi connectivity index (χ4v) is 5.27. The Morgan fingerprint density at radius 2 is 1.75 bits per heavy atom. The molecule has 11 nitrogen and oxygen atoms in total. The van der Waals surface area contributed by atoms with Crippen LogP contribution in [0.1, 0.15) is 54.6 Å². The molecule has 1 saturated heterocycles. The van der Waals surface area contributed by atoms with Gasteiger partial charge in [0.2, 0.25) is 0 Å². The van der Waals surface area contributed by atoms with E-state index in [1.165, 1.54) is 6.07 Å². The van der Waals surface area contributed by atoms with Gasteiger partial charge in [0, 0.05) is 60.3 Å². The number of hydroxylamine groups is 2. The second-order valence-electron chi connectivity index (χ2n) is 10.4. The van der Waals surface area contributed by atoms with E-state index in [1.807, 2.05) is 52.0 Å². The summed E-state index contributed by atoms with van der Waals surface area (Å²) in [5.41, 5.74) is 5.32. The summed E-state index contributed by atoms with van der Waals surface area (Å²) in [6, 6.07) is 12.5. The zero-order valence-electron chi connectivity index (χ0n) is 25.0. The number of amides is 2. The largest absolute Gasteiger partial charge is 0.493 e. The molecule has 1 fully saturated rings. The zero-order chi connectivity index (χ0) is 31.5. The van der Waals surface area contributed by atoms with E-state index < -0.39 is 23.8 Å². The van der Waals surface area contributed by atoms with E-state index in [2.05, 4.69) is 10.3 Å². The maximum absolute atomic E-state index is 12.6. The normalized spacial score (nSPS) is 13.6. The van der Waals surface area contributed by atoms with Crippen LogP contribution in [0.15, 0.2) is 51.9 Å². The van der Waals surface area contributed by atoms with Crippen LogP contribution in [0.2, 0.25) is 0 Å². The summed E-state index contributed by atoms with van der Waals surface area (Å²) in [5, 5.41) is 15.7. The Bertz CT molecular complexity index is 1830. The third-order valence-electron chi connectivity index (χ3n) is 7.34. The molecule has 2 heterocycles. The molecule has 0 unspecified atom stereocenters. The van der Waals surface area contributed by atoms with E-state index in [0.717, 1.165) is 39.7 Å². The van der Waals surface area contributed by atoms with Crippen molar-refractivity contribution in [1.29, 1.82) is 0 Å². The molecule has 11 heteroatoms. The summed E-state index contributed by atoms with van der Waals surface area (Å²) in [7, 11) is 0. The van der Waals surface area contributed by atoms with Gasteiger partial charge in [0.1, 0.15) is 17.1 Å². The van der Waals surface area contributed by atoms with Crippen molar-refractivity contribution in [3.8, 4) is 28.2 Å². The average molecular weight is 600 g/mol. The second-order valence-corrected chi connectivity index (χ2v) is 10.4. The highest BCUT2D eigenvalue weighted by atomic mass is 16.7. The van der Waals surface area contributed by atoms with Crippen molar-refractivity contribution in [3.63, 3.8) is 0 Å². The number of benzene rings is 3. The number of carboxylic acid groups (broad SMARTS) is 1. The lowest BCUT2D eigenvalue weighted by molar-refractivity contribution is -0.197. The average Bonchev–Trinajstić information content (AvgIpc) is 3.29. The van der Waals surface area contributed by atoms with Crippen molar-refractivity contribution in [2.45, 2.75) is 47.0 Å². The molecule has 2 aliphatic heterocycles. The number of ether oxygens (including phenoxy) is 1. The van der Waals surface area contributed by atoms with Gasteiger partial charge in [-0.05, 0) is 74.7 Å². The van der Waals surface area contributed by atoms with Gasteiger partial charge in [0.25, 0.3) is 11.8 Å². The molecule has 0 bridgehead atoms. The number of hydrogen-bond donors (Lipinski definition) is 2. The van der Waals surface area contributed by atoms with E-state index in [0.29, 0.717) is 34.1 Å². The van der Waals surface area contributed by atoms with Crippen molar-refractivity contribution in [3.05, 3.63) is 64.5 Å². The quantitative estimate of drug-likeness (QED) is 0.184. The predicted octanol–water partition coefficient (Wildman–Crippen LogP) is 5.25. The number of aromatic carboxylic acids is 1. The van der Waals surface area contributed by atoms with Gasteiger partial charge in [0.05, 0.1) is 23.9 Å². The highest BCUT2D eigenvalue weighted by Crippen LogP contribution is 2.43. The van der Waals surface area contributed by atoms with Crippen molar-refractivity contribution >= 4 is 40.4 Å². The first kappa shape index (κ1) is 30.3. The summed E-state index contributed by atoms with van der Waals surface area (Å²) < 4.78 is 12.1. The van der Waals surface area contributed by atoms with Crippen molar-refractivity contribution < 1.29 is 38.3 Å². The van der Waals surface area contributed by atoms with Gasteiger partial charge in [-0.3, -0.25) is 14.6 Å². The minimum atomic E-state index is -1.16. The fraction of sp³-hybridized carbons (Fsp3) is 0.303. The number of hydrogen-bond acceptors (Lipinski definition) is 9. The minimum absolute atomic E-state index is 0.000486. The monoisotopic (exact) mass is 599 g/mol. The molecule has 1 aliphatic carbocycles. The maximum atomic E-state index is 12.6. The topological polar surface area (TPSA) is 148 Å². The minimum Gasteiger partial charge on any atom is -0.493 e. The van der Waals surface area contributed by atoms with Gasteiger partial charge in [-0.1, -0.05) is 0 Å². The number of nitrogens with zero attached hydrogens (tertiary/aromatic N) is 2. The Hall–Kier alpha value is -5.19. The lowest BCUT2D eigenvalue weighted by atomic mass is 9.89. The number of fused-ring (bicyclic) bond motifs is 2. The van der Waals surface area contributed by atoms with E-state index in [-0.39, 0.29) is 37.2 Å². The molecule has 0 radical (unpaired) electrons. The Labute approximate surface area is 253 Å². The lowest BCUT2D eigenvalue weighted by Gasteiger charge is -2.20. The number of carbonyl (C=O) groups excluding carboxylic acids is 3. The number of anilines is 1. The maximum Gasteiger partial charge on any atom is 0.336 e. The van der Waals surface area contributed by atoms with Gasteiger partial charge < -0.3 is 24.4 Å². The molecule has 2 aromatic carbocycles. The van der Waals surface area contributed by atoms with Crippen molar-refractivity contribution in [2.24, 2.45) is 4.99 Å². The Kier molecular flexibility index (Phi) is 8.66. The number of imide groups is 1. The van der Waals surface area contributed by atoms with Gasteiger partial charge in [-0.15, -0.1) is 5.06 Å². The molecule has 3 aliphatic rings. The third-order valence-corrected chi connectivity index (χ3v) is 7.34. The number of carboxylic acids is 1. The first-order valence-corrected chi connectivity index (χ1v) is 14.4. The van der Waals surface area contributed by atoms with Gasteiger partial charge in [-0.2, -0.15) is 0 Å². The molecule has 5 rings (SSSR count). The Morgan fingerprint density at radius 3 is 2.43 bits per heavy atom. The summed E-state index contributed by atoms with van der Waals surface area (Å²) in [4.78, 5) is 57.6. The molecule has 0 atom stereocenters. The summed E-state index contributed by atoms with van der Waals surface area (Å²) >= 11 is 0. The van der Waals surface area contributed by atoms with Crippen LogP contribution in [-0.2, 0) is 19.2 Å². The predicted molar refractivity (Wildman–Crippen MR) is 162 cm³/mol. The lowest BCUT2D eigenvalue weighted by Crippen LogP contribution is -2.32. The van der Waals surface area contributed by atoms with Gasteiger partial charge >= 0.3 is 11.9 Å². The SMILES string of the molecule is CCN=c1cc2oc3cc(NCC)c(C)cc3c(-c3ccc(OCCC(=O)ON4C(=O)CCC4=O)cc3C(=O)O)c-2cc1C. The smallest absolute Gasteiger partial charge is 0.336 e. The molecule has 2 N–H and O–H groups in total. The third kappa shape index (κ3) is 5.98. The summed E-state index contributed by atoms with van der Waals surface area (Å²) in [6.45, 7) is 9.08. The van der Waals surface area contributed by atoms with Gasteiger partial charge in [0.15, 0.2) is 0 Å². The highest BCUT2D eigenvalue weighted by molar-refractivity contribution is 6.08. The molecule has 228 valence electrons. The summed E-state index contributed by atoms with van der Waals surface area (Å²) in [6.07, 6.45) is -0.259. The first-order valence-electron chi connectivity index (χ1n) is 14.4. The molecule has 0 saturated carbocycles. The van der Waals surface area contributed by atoms with E-state index in [9.17, 15) is 24.3 Å². The van der Waals surface area contributed by atoms with Gasteiger partial charge in [-0.25, -0.2) is 9.59 Å². The van der Waals surface area contributed by atoms with Crippen LogP contribution in [0.5, 0.6) is 5.75 Å². The Balaban J connectivity index is 1.54. The first-order chi connectivity index (χ1) is 21.1. The second kappa shape index (κ2) is 12.6. The Morgan fingerprint density at radius 1 is 1.00 bits per heavy atom. The van der Waals surface area contributed by atoms with Crippen LogP contribution >= 0.6 is 0 Å². The number of aryl methyl sites for hydroxylation is 2. The molecule has 2 aromatic rings. The number of nitrogens with one attached hydrogen (secondary N) is 1. The highest BCUT2D eigenvalue weighted by Gasteiger charge is 2.32. The molecule has 0 spiro atoms. The standard InChI is InChI=1S/C33H33N3O8/c1-5-34-25-16-27-23(13-18(25)3)32(24-14-19(4)26(35-6-2)17-28(24)43-27)21-8-7-20(15-22(21)33(40)41)42-12-11-31(39)44-36-29(37)9-10-30(36)38/h7-8,13-17,34H,5-6,9-12H2,1-4H3,(H,40,41). The van der Waals surface area contributed by atoms with Crippen LogP contribution in [0.3, 0.4) is 0 Å². The zero-order valence-corrected chi connectivity index (χ0v) is 25.0. The van der Waals surface area contributed by atoms with Crippen LogP contribution in [-0.4, -0.2) is 53.6 Å². The number of carbonyl (C=O) groups is 4. The summed E-state index contributed by atoms with van der Waals surface area (Å²) in [5.74, 6) is -2.31. The molecule has 2 amide bonds. The van der Waals surface area contributed by atoms with Crippen LogP contribution < -0.4 is 15.4 Å². The molecular formula is C33H33N3O8. The van der Waals surface area contributed by atoms with Crippen molar-refractivity contribution in [1.82, 2.24) is 5.06 Å².